The molecule has 96 valence electrons. The van der Waals surface area contributed by atoms with Crippen LogP contribution in [0.25, 0.3) is 0 Å². The second-order valence-electron chi connectivity index (χ2n) is 3.62. The lowest BCUT2D eigenvalue weighted by Crippen LogP contribution is -2.28. The first kappa shape index (κ1) is 14.3. The summed E-state index contributed by atoms with van der Waals surface area (Å²) in [6.45, 7) is 0. The molecule has 1 aromatic rings. The minimum absolute atomic E-state index is 0.107. The van der Waals surface area contributed by atoms with Crippen LogP contribution in [0.15, 0.2) is 24.3 Å². The molecule has 0 fully saturated rings. The highest BCUT2D eigenvalue weighted by molar-refractivity contribution is 7.98. The largest absolute Gasteiger partial charge is 0.416 e. The summed E-state index contributed by atoms with van der Waals surface area (Å²) in [5, 5.41) is 0. The third kappa shape index (κ3) is 4.22. The third-order valence-corrected chi connectivity index (χ3v) is 3.10. The zero-order valence-electron chi connectivity index (χ0n) is 9.42. The number of benzene rings is 1. The Bertz CT molecular complexity index is 338. The third-order valence-electron chi connectivity index (χ3n) is 2.45. The predicted octanol–water partition coefficient (Wildman–Crippen LogP) is 2.96. The summed E-state index contributed by atoms with van der Waals surface area (Å²) < 4.78 is 37.1. The van der Waals surface area contributed by atoms with E-state index in [0.29, 0.717) is 0 Å². The Hall–Kier alpha value is -0.720. The van der Waals surface area contributed by atoms with Crippen molar-refractivity contribution < 1.29 is 13.2 Å². The Morgan fingerprint density at radius 3 is 2.29 bits per heavy atom. The SMILES string of the molecule is CSCCC(NN)c1ccc(C(F)(F)F)cc1. The van der Waals surface area contributed by atoms with Gasteiger partial charge in [-0.2, -0.15) is 24.9 Å². The molecule has 1 aromatic carbocycles. The molecule has 0 aliphatic heterocycles. The Morgan fingerprint density at radius 1 is 1.29 bits per heavy atom. The van der Waals surface area contributed by atoms with Gasteiger partial charge in [0.25, 0.3) is 0 Å². The van der Waals surface area contributed by atoms with E-state index in [9.17, 15) is 13.2 Å². The molecule has 0 aliphatic carbocycles. The number of hydrazine groups is 1. The number of thioether (sulfide) groups is 1. The average Bonchev–Trinajstić information content (AvgIpc) is 2.29. The van der Waals surface area contributed by atoms with E-state index in [1.807, 2.05) is 6.26 Å². The second-order valence-corrected chi connectivity index (χ2v) is 4.61. The van der Waals surface area contributed by atoms with E-state index in [0.717, 1.165) is 29.9 Å². The molecule has 3 N–H and O–H groups in total. The van der Waals surface area contributed by atoms with Gasteiger partial charge in [0.2, 0.25) is 0 Å². The molecule has 0 heterocycles. The molecule has 6 heteroatoms. The molecular weight excluding hydrogens is 249 g/mol. The van der Waals surface area contributed by atoms with E-state index in [4.69, 9.17) is 5.84 Å². The van der Waals surface area contributed by atoms with Gasteiger partial charge in [0.1, 0.15) is 0 Å². The maximum Gasteiger partial charge on any atom is 0.416 e. The van der Waals surface area contributed by atoms with E-state index in [1.54, 1.807) is 11.8 Å². The Labute approximate surface area is 103 Å². The van der Waals surface area contributed by atoms with Gasteiger partial charge in [0.15, 0.2) is 0 Å². The molecular formula is C11H15F3N2S. The van der Waals surface area contributed by atoms with Crippen LogP contribution in [0.5, 0.6) is 0 Å². The summed E-state index contributed by atoms with van der Waals surface area (Å²) in [6.07, 6.45) is -1.53. The highest BCUT2D eigenvalue weighted by Crippen LogP contribution is 2.30. The Kier molecular flexibility index (Phi) is 5.30. The van der Waals surface area contributed by atoms with Crippen LogP contribution in [0, 0.1) is 0 Å². The van der Waals surface area contributed by atoms with Crippen LogP contribution in [0.1, 0.15) is 23.6 Å². The van der Waals surface area contributed by atoms with E-state index in [2.05, 4.69) is 5.43 Å². The van der Waals surface area contributed by atoms with Gasteiger partial charge >= 0.3 is 6.18 Å². The summed E-state index contributed by atoms with van der Waals surface area (Å²) >= 11 is 1.67. The predicted molar refractivity (Wildman–Crippen MR) is 64.5 cm³/mol. The standard InChI is InChI=1S/C11H15F3N2S/c1-17-7-6-10(16-15)8-2-4-9(5-3-8)11(12,13)14/h2-5,10,16H,6-7,15H2,1H3. The molecule has 17 heavy (non-hydrogen) atoms. The first-order valence-corrected chi connectivity index (χ1v) is 6.50. The van der Waals surface area contributed by atoms with Crippen molar-refractivity contribution in [3.8, 4) is 0 Å². The average molecular weight is 264 g/mol. The number of halogens is 3. The van der Waals surface area contributed by atoms with E-state index >= 15 is 0 Å². The molecule has 0 amide bonds. The number of rotatable bonds is 5. The first-order chi connectivity index (χ1) is 7.99. The minimum Gasteiger partial charge on any atom is -0.271 e. The molecule has 1 rings (SSSR count). The maximum atomic E-state index is 12.4. The summed E-state index contributed by atoms with van der Waals surface area (Å²) in [5.74, 6) is 6.29. The lowest BCUT2D eigenvalue weighted by atomic mass is 10.0. The molecule has 0 bridgehead atoms. The number of nitrogens with two attached hydrogens (primary N) is 1. The fourth-order valence-electron chi connectivity index (χ4n) is 1.49. The fraction of sp³-hybridized carbons (Fsp3) is 0.455. The lowest BCUT2D eigenvalue weighted by molar-refractivity contribution is -0.137. The van der Waals surface area contributed by atoms with E-state index in [1.165, 1.54) is 12.1 Å². The van der Waals surface area contributed by atoms with Crippen molar-refractivity contribution in [1.82, 2.24) is 5.43 Å². The maximum absolute atomic E-state index is 12.4. The number of hydrogen-bond donors (Lipinski definition) is 2. The Morgan fingerprint density at radius 2 is 1.88 bits per heavy atom. The minimum atomic E-state index is -4.29. The van der Waals surface area contributed by atoms with Crippen molar-refractivity contribution in [3.63, 3.8) is 0 Å². The van der Waals surface area contributed by atoms with Crippen molar-refractivity contribution in [1.29, 1.82) is 0 Å². The van der Waals surface area contributed by atoms with Gasteiger partial charge < -0.3 is 0 Å². The van der Waals surface area contributed by atoms with E-state index < -0.39 is 11.7 Å². The summed E-state index contributed by atoms with van der Waals surface area (Å²) in [5.41, 5.74) is 2.75. The molecule has 0 aromatic heterocycles. The Balaban J connectivity index is 2.78. The summed E-state index contributed by atoms with van der Waals surface area (Å²) in [4.78, 5) is 0. The summed E-state index contributed by atoms with van der Waals surface area (Å²) in [7, 11) is 0. The lowest BCUT2D eigenvalue weighted by Gasteiger charge is -2.16. The van der Waals surface area contributed by atoms with Crippen LogP contribution in [0.4, 0.5) is 13.2 Å². The second kappa shape index (κ2) is 6.28. The molecule has 0 aliphatic rings. The molecule has 0 radical (unpaired) electrons. The van der Waals surface area contributed by atoms with Gasteiger partial charge in [-0.15, -0.1) is 0 Å². The number of nitrogens with one attached hydrogen (secondary N) is 1. The molecule has 1 unspecified atom stereocenters. The van der Waals surface area contributed by atoms with Gasteiger partial charge in [0.05, 0.1) is 5.56 Å². The van der Waals surface area contributed by atoms with Crippen molar-refractivity contribution in [2.75, 3.05) is 12.0 Å². The molecule has 0 saturated heterocycles. The molecule has 1 atom stereocenters. The van der Waals surface area contributed by atoms with E-state index in [-0.39, 0.29) is 6.04 Å². The van der Waals surface area contributed by atoms with Crippen LogP contribution in [-0.2, 0) is 6.18 Å². The van der Waals surface area contributed by atoms with Gasteiger partial charge in [-0.05, 0) is 36.1 Å². The number of hydrogen-bond acceptors (Lipinski definition) is 3. The quantitative estimate of drug-likeness (QED) is 0.634. The number of alkyl halides is 3. The molecule has 0 spiro atoms. The van der Waals surface area contributed by atoms with Gasteiger partial charge in [-0.1, -0.05) is 12.1 Å². The first-order valence-electron chi connectivity index (χ1n) is 5.11. The zero-order valence-corrected chi connectivity index (χ0v) is 10.2. The van der Waals surface area contributed by atoms with Crippen LogP contribution in [0.2, 0.25) is 0 Å². The van der Waals surface area contributed by atoms with Gasteiger partial charge in [-0.25, -0.2) is 0 Å². The van der Waals surface area contributed by atoms with Gasteiger partial charge in [0, 0.05) is 6.04 Å². The van der Waals surface area contributed by atoms with Crippen molar-refractivity contribution >= 4 is 11.8 Å². The molecule has 2 nitrogen and oxygen atoms in total. The van der Waals surface area contributed by atoms with Crippen molar-refractivity contribution in [2.45, 2.75) is 18.6 Å². The topological polar surface area (TPSA) is 38.0 Å². The normalized spacial score (nSPS) is 13.7. The van der Waals surface area contributed by atoms with Crippen LogP contribution >= 0.6 is 11.8 Å². The van der Waals surface area contributed by atoms with Crippen LogP contribution in [-0.4, -0.2) is 12.0 Å². The van der Waals surface area contributed by atoms with Crippen molar-refractivity contribution in [3.05, 3.63) is 35.4 Å². The molecule has 0 saturated carbocycles. The summed E-state index contributed by atoms with van der Waals surface area (Å²) in [6, 6.07) is 4.99. The fourth-order valence-corrected chi connectivity index (χ4v) is 1.96. The zero-order chi connectivity index (χ0) is 12.9. The smallest absolute Gasteiger partial charge is 0.271 e. The van der Waals surface area contributed by atoms with Crippen LogP contribution < -0.4 is 11.3 Å². The monoisotopic (exact) mass is 264 g/mol. The highest BCUT2D eigenvalue weighted by atomic mass is 32.2. The van der Waals surface area contributed by atoms with Crippen molar-refractivity contribution in [2.24, 2.45) is 5.84 Å². The highest BCUT2D eigenvalue weighted by Gasteiger charge is 2.30. The van der Waals surface area contributed by atoms with Crippen LogP contribution in [0.3, 0.4) is 0 Å². The van der Waals surface area contributed by atoms with Gasteiger partial charge in [-0.3, -0.25) is 11.3 Å².